The van der Waals surface area contributed by atoms with Gasteiger partial charge in [0, 0.05) is 13.1 Å². The van der Waals surface area contributed by atoms with Crippen LogP contribution in [-0.2, 0) is 6.54 Å². The van der Waals surface area contributed by atoms with E-state index in [1.807, 2.05) is 6.92 Å². The van der Waals surface area contributed by atoms with E-state index in [0.717, 1.165) is 13.1 Å². The van der Waals surface area contributed by atoms with Crippen LogP contribution >= 0.6 is 0 Å². The van der Waals surface area contributed by atoms with Crippen LogP contribution in [0.5, 0.6) is 5.75 Å². The van der Waals surface area contributed by atoms with Gasteiger partial charge < -0.3 is 5.11 Å². The summed E-state index contributed by atoms with van der Waals surface area (Å²) < 4.78 is 26.3. The van der Waals surface area contributed by atoms with E-state index in [9.17, 15) is 8.78 Å². The molecule has 0 saturated carbocycles. The van der Waals surface area contributed by atoms with Crippen LogP contribution in [0.1, 0.15) is 26.3 Å². The summed E-state index contributed by atoms with van der Waals surface area (Å²) in [6, 6.07) is 2.36. The topological polar surface area (TPSA) is 23.5 Å². The minimum atomic E-state index is -0.902. The first-order valence-corrected chi connectivity index (χ1v) is 5.83. The van der Waals surface area contributed by atoms with Crippen molar-refractivity contribution in [3.63, 3.8) is 0 Å². The van der Waals surface area contributed by atoms with Gasteiger partial charge in [-0.3, -0.25) is 4.90 Å². The largest absolute Gasteiger partial charge is 0.503 e. The summed E-state index contributed by atoms with van der Waals surface area (Å²) in [5, 5.41) is 9.00. The summed E-state index contributed by atoms with van der Waals surface area (Å²) in [7, 11) is 0. The number of benzene rings is 1. The number of nitrogens with zero attached hydrogens (tertiary/aromatic N) is 1. The second-order valence-electron chi connectivity index (χ2n) is 4.63. The monoisotopic (exact) mass is 243 g/mol. The van der Waals surface area contributed by atoms with E-state index in [1.54, 1.807) is 0 Å². The molecule has 0 unspecified atom stereocenters. The van der Waals surface area contributed by atoms with Crippen molar-refractivity contribution in [3.05, 3.63) is 29.3 Å². The molecule has 0 saturated heterocycles. The Morgan fingerprint density at radius 3 is 2.18 bits per heavy atom. The van der Waals surface area contributed by atoms with Gasteiger partial charge in [0.15, 0.2) is 17.4 Å². The van der Waals surface area contributed by atoms with Crippen molar-refractivity contribution in [3.8, 4) is 5.75 Å². The molecule has 17 heavy (non-hydrogen) atoms. The van der Waals surface area contributed by atoms with Gasteiger partial charge in [-0.05, 0) is 30.2 Å². The highest BCUT2D eigenvalue weighted by Crippen LogP contribution is 2.22. The Kier molecular flexibility index (Phi) is 4.87. The smallest absolute Gasteiger partial charge is 0.187 e. The Morgan fingerprint density at radius 2 is 1.76 bits per heavy atom. The molecule has 4 heteroatoms. The summed E-state index contributed by atoms with van der Waals surface area (Å²) in [5.41, 5.74) is 0.542. The third-order valence-corrected chi connectivity index (χ3v) is 2.55. The zero-order valence-electron chi connectivity index (χ0n) is 10.5. The minimum absolute atomic E-state index is 0.489. The summed E-state index contributed by atoms with van der Waals surface area (Å²) in [4.78, 5) is 2.11. The van der Waals surface area contributed by atoms with E-state index in [4.69, 9.17) is 5.11 Å². The van der Waals surface area contributed by atoms with E-state index in [0.29, 0.717) is 18.0 Å². The maximum absolute atomic E-state index is 13.1. The number of hydrogen-bond donors (Lipinski definition) is 1. The van der Waals surface area contributed by atoms with Crippen molar-refractivity contribution in [1.29, 1.82) is 0 Å². The molecule has 1 rings (SSSR count). The Bertz CT molecular complexity index is 357. The highest BCUT2D eigenvalue weighted by atomic mass is 19.1. The summed E-state index contributed by atoms with van der Waals surface area (Å²) in [6.45, 7) is 8.39. The lowest BCUT2D eigenvalue weighted by Crippen LogP contribution is -2.27. The van der Waals surface area contributed by atoms with Gasteiger partial charge in [-0.15, -0.1) is 0 Å². The molecule has 0 aromatic heterocycles. The van der Waals surface area contributed by atoms with E-state index >= 15 is 0 Å². The predicted molar refractivity (Wildman–Crippen MR) is 63.8 cm³/mol. The van der Waals surface area contributed by atoms with Crippen LogP contribution in [0.3, 0.4) is 0 Å². The van der Waals surface area contributed by atoms with Crippen LogP contribution in [0.4, 0.5) is 8.78 Å². The van der Waals surface area contributed by atoms with Crippen molar-refractivity contribution >= 4 is 0 Å². The number of hydrogen-bond acceptors (Lipinski definition) is 2. The first-order valence-electron chi connectivity index (χ1n) is 5.83. The molecule has 0 aliphatic carbocycles. The Morgan fingerprint density at radius 1 is 1.24 bits per heavy atom. The van der Waals surface area contributed by atoms with Crippen LogP contribution < -0.4 is 0 Å². The molecule has 0 aliphatic rings. The Balaban J connectivity index is 2.79. The normalized spacial score (nSPS) is 11.5. The molecule has 1 aromatic rings. The summed E-state index contributed by atoms with van der Waals surface area (Å²) >= 11 is 0. The predicted octanol–water partition coefficient (Wildman–Crippen LogP) is 3.15. The number of halogens is 2. The molecule has 0 aliphatic heterocycles. The second-order valence-corrected chi connectivity index (χ2v) is 4.63. The SMILES string of the molecule is CCN(Cc1cc(F)c(O)c(F)c1)CC(C)C. The third kappa shape index (κ3) is 3.97. The van der Waals surface area contributed by atoms with Crippen LogP contribution in [0.2, 0.25) is 0 Å². The molecule has 0 fully saturated rings. The molecule has 0 radical (unpaired) electrons. The molecule has 0 amide bonds. The van der Waals surface area contributed by atoms with E-state index in [2.05, 4.69) is 18.7 Å². The molecule has 0 spiro atoms. The first-order chi connectivity index (χ1) is 7.93. The van der Waals surface area contributed by atoms with Crippen LogP contribution in [0.25, 0.3) is 0 Å². The zero-order valence-corrected chi connectivity index (χ0v) is 10.5. The van der Waals surface area contributed by atoms with Gasteiger partial charge in [0.1, 0.15) is 0 Å². The van der Waals surface area contributed by atoms with Crippen molar-refractivity contribution in [2.24, 2.45) is 5.92 Å². The zero-order chi connectivity index (χ0) is 13.0. The van der Waals surface area contributed by atoms with Gasteiger partial charge in [0.2, 0.25) is 0 Å². The molecule has 96 valence electrons. The number of aromatic hydroxyl groups is 1. The number of phenols is 1. The van der Waals surface area contributed by atoms with Gasteiger partial charge in [-0.1, -0.05) is 20.8 Å². The Hall–Kier alpha value is -1.16. The van der Waals surface area contributed by atoms with Gasteiger partial charge >= 0.3 is 0 Å². The fourth-order valence-corrected chi connectivity index (χ4v) is 1.79. The van der Waals surface area contributed by atoms with Crippen molar-refractivity contribution in [2.45, 2.75) is 27.3 Å². The first kappa shape index (κ1) is 13.9. The molecule has 0 bridgehead atoms. The summed E-state index contributed by atoms with van der Waals surface area (Å²) in [5.74, 6) is -2.20. The number of rotatable bonds is 5. The fourth-order valence-electron chi connectivity index (χ4n) is 1.79. The number of phenolic OH excluding ortho intramolecular Hbond substituents is 1. The molecule has 0 atom stereocenters. The molecular weight excluding hydrogens is 224 g/mol. The Labute approximate surface area is 101 Å². The van der Waals surface area contributed by atoms with Crippen LogP contribution in [0, 0.1) is 17.6 Å². The van der Waals surface area contributed by atoms with Gasteiger partial charge in [-0.2, -0.15) is 0 Å². The van der Waals surface area contributed by atoms with Gasteiger partial charge in [-0.25, -0.2) is 8.78 Å². The molecule has 1 N–H and O–H groups in total. The lowest BCUT2D eigenvalue weighted by atomic mass is 10.1. The summed E-state index contributed by atoms with van der Waals surface area (Å²) in [6.07, 6.45) is 0. The molecule has 0 heterocycles. The highest BCUT2D eigenvalue weighted by molar-refractivity contribution is 5.29. The lowest BCUT2D eigenvalue weighted by molar-refractivity contribution is 0.247. The quantitative estimate of drug-likeness (QED) is 0.858. The van der Waals surface area contributed by atoms with E-state index < -0.39 is 17.4 Å². The molecular formula is C13H19F2NO. The maximum atomic E-state index is 13.1. The van der Waals surface area contributed by atoms with Crippen molar-refractivity contribution < 1.29 is 13.9 Å². The average molecular weight is 243 g/mol. The fraction of sp³-hybridized carbons (Fsp3) is 0.538. The minimum Gasteiger partial charge on any atom is -0.503 e. The average Bonchev–Trinajstić information content (AvgIpc) is 2.24. The van der Waals surface area contributed by atoms with E-state index in [-0.39, 0.29) is 0 Å². The van der Waals surface area contributed by atoms with Gasteiger partial charge in [0.05, 0.1) is 0 Å². The second kappa shape index (κ2) is 5.96. The molecule has 2 nitrogen and oxygen atoms in total. The van der Waals surface area contributed by atoms with Gasteiger partial charge in [0.25, 0.3) is 0 Å². The van der Waals surface area contributed by atoms with Crippen molar-refractivity contribution in [1.82, 2.24) is 4.90 Å². The van der Waals surface area contributed by atoms with E-state index in [1.165, 1.54) is 12.1 Å². The van der Waals surface area contributed by atoms with Crippen LogP contribution in [-0.4, -0.2) is 23.1 Å². The molecule has 1 aromatic carbocycles. The van der Waals surface area contributed by atoms with Crippen LogP contribution in [0.15, 0.2) is 12.1 Å². The van der Waals surface area contributed by atoms with Crippen molar-refractivity contribution in [2.75, 3.05) is 13.1 Å². The lowest BCUT2D eigenvalue weighted by Gasteiger charge is -2.22. The highest BCUT2D eigenvalue weighted by Gasteiger charge is 2.12. The third-order valence-electron chi connectivity index (χ3n) is 2.55. The standard InChI is InChI=1S/C13H19F2NO/c1-4-16(7-9(2)3)8-10-5-11(14)13(17)12(15)6-10/h5-6,9,17H,4,7-8H2,1-3H3. The maximum Gasteiger partial charge on any atom is 0.187 e.